The Labute approximate surface area is 165 Å². The monoisotopic (exact) mass is 399 g/mol. The Hall–Kier alpha value is -3.13. The Morgan fingerprint density at radius 3 is 2.46 bits per heavy atom. The number of hydrogen-bond donors (Lipinski definition) is 1. The number of carboxylic acid groups (broad SMARTS) is 1. The third-order valence-corrected chi connectivity index (χ3v) is 5.39. The molecule has 2 aromatic carbocycles. The Morgan fingerprint density at radius 1 is 1.14 bits per heavy atom. The summed E-state index contributed by atoms with van der Waals surface area (Å²) in [5, 5.41) is 8.57. The topological polar surface area (TPSA) is 101 Å². The summed E-state index contributed by atoms with van der Waals surface area (Å²) >= 11 is 1.06. The summed E-state index contributed by atoms with van der Waals surface area (Å²) in [4.78, 5) is 49.7. The lowest BCUT2D eigenvalue weighted by atomic mass is 10.2. The van der Waals surface area contributed by atoms with Crippen LogP contribution in [-0.2, 0) is 14.3 Å². The Morgan fingerprint density at radius 2 is 1.82 bits per heavy atom. The van der Waals surface area contributed by atoms with Crippen molar-refractivity contribution in [3.05, 3.63) is 59.7 Å². The fraction of sp³-hybridized carbons (Fsp3) is 0.200. The molecular formula is C20H17NO6S. The fourth-order valence-electron chi connectivity index (χ4n) is 2.83. The van der Waals surface area contributed by atoms with Gasteiger partial charge in [-0.05, 0) is 43.3 Å². The van der Waals surface area contributed by atoms with Crippen LogP contribution >= 0.6 is 11.8 Å². The molecule has 0 spiro atoms. The van der Waals surface area contributed by atoms with Gasteiger partial charge in [0, 0.05) is 11.3 Å². The van der Waals surface area contributed by atoms with Crippen molar-refractivity contribution in [1.29, 1.82) is 0 Å². The molecule has 1 atom stereocenters. The maximum Gasteiger partial charge on any atom is 0.338 e. The fourth-order valence-corrected chi connectivity index (χ4v) is 4.01. The van der Waals surface area contributed by atoms with Crippen molar-refractivity contribution in [3.63, 3.8) is 0 Å². The smallest absolute Gasteiger partial charge is 0.338 e. The summed E-state index contributed by atoms with van der Waals surface area (Å²) in [6.45, 7) is 1.95. The third kappa shape index (κ3) is 3.91. The van der Waals surface area contributed by atoms with E-state index >= 15 is 0 Å². The number of amides is 2. The lowest BCUT2D eigenvalue weighted by molar-refractivity contribution is -0.121. The second-order valence-corrected chi connectivity index (χ2v) is 7.19. The standard InChI is InChI=1S/C20H17NO6S/c1-2-27-20(26)12-7-9-13(10-8-12)21-17(22)11-16(18(21)23)28-15-6-4-3-5-14(15)19(24)25/h3-10,16H,2,11H2,1H3,(H,24,25)/t16-/m0/s1. The van der Waals surface area contributed by atoms with E-state index in [2.05, 4.69) is 0 Å². The number of carbonyl (C=O) groups excluding carboxylic acids is 3. The normalized spacial score (nSPS) is 16.3. The molecule has 2 amide bonds. The minimum Gasteiger partial charge on any atom is -0.478 e. The van der Waals surface area contributed by atoms with Gasteiger partial charge in [0.1, 0.15) is 0 Å². The summed E-state index contributed by atoms with van der Waals surface area (Å²) in [6.07, 6.45) is -0.0307. The molecule has 0 radical (unpaired) electrons. The second-order valence-electron chi connectivity index (χ2n) is 5.95. The molecule has 0 unspecified atom stereocenters. The molecule has 0 aromatic heterocycles. The maximum absolute atomic E-state index is 12.8. The van der Waals surface area contributed by atoms with Crippen LogP contribution < -0.4 is 4.90 Å². The summed E-state index contributed by atoms with van der Waals surface area (Å²) in [7, 11) is 0. The van der Waals surface area contributed by atoms with E-state index in [1.807, 2.05) is 0 Å². The number of benzene rings is 2. The Kier molecular flexibility index (Phi) is 5.79. The van der Waals surface area contributed by atoms with Crippen molar-refractivity contribution < 1.29 is 29.0 Å². The van der Waals surface area contributed by atoms with E-state index in [1.54, 1.807) is 25.1 Å². The van der Waals surface area contributed by atoms with Gasteiger partial charge in [0.15, 0.2) is 0 Å². The first-order valence-electron chi connectivity index (χ1n) is 8.55. The molecule has 1 heterocycles. The van der Waals surface area contributed by atoms with Crippen LogP contribution in [0.3, 0.4) is 0 Å². The van der Waals surface area contributed by atoms with Gasteiger partial charge in [-0.15, -0.1) is 11.8 Å². The highest BCUT2D eigenvalue weighted by atomic mass is 32.2. The number of carboxylic acids is 1. The number of ether oxygens (including phenoxy) is 1. The van der Waals surface area contributed by atoms with Crippen molar-refractivity contribution in [3.8, 4) is 0 Å². The second kappa shape index (κ2) is 8.26. The van der Waals surface area contributed by atoms with Crippen LogP contribution in [0.1, 0.15) is 34.1 Å². The van der Waals surface area contributed by atoms with Gasteiger partial charge in [0.2, 0.25) is 11.8 Å². The first-order valence-corrected chi connectivity index (χ1v) is 9.43. The molecule has 1 saturated heterocycles. The molecule has 0 saturated carbocycles. The number of nitrogens with zero attached hydrogens (tertiary/aromatic N) is 1. The first kappa shape index (κ1) is 19.6. The Bertz CT molecular complexity index is 940. The number of thioether (sulfide) groups is 1. The van der Waals surface area contributed by atoms with Gasteiger partial charge >= 0.3 is 11.9 Å². The third-order valence-electron chi connectivity index (χ3n) is 4.13. The van der Waals surface area contributed by atoms with Crippen LogP contribution in [0, 0.1) is 0 Å². The molecule has 2 aromatic rings. The molecule has 7 nitrogen and oxygen atoms in total. The van der Waals surface area contributed by atoms with Crippen molar-refractivity contribution >= 4 is 41.2 Å². The van der Waals surface area contributed by atoms with Gasteiger partial charge in [0.25, 0.3) is 0 Å². The quantitative estimate of drug-likeness (QED) is 0.589. The van der Waals surface area contributed by atoms with Crippen LogP contribution in [0.25, 0.3) is 0 Å². The number of hydrogen-bond acceptors (Lipinski definition) is 6. The zero-order chi connectivity index (χ0) is 20.3. The molecule has 28 heavy (non-hydrogen) atoms. The van der Waals surface area contributed by atoms with E-state index in [0.29, 0.717) is 16.1 Å². The molecule has 8 heteroatoms. The first-order chi connectivity index (χ1) is 13.4. The number of carbonyl (C=O) groups is 4. The van der Waals surface area contributed by atoms with Crippen LogP contribution in [0.4, 0.5) is 5.69 Å². The Balaban J connectivity index is 1.79. The van der Waals surface area contributed by atoms with Gasteiger partial charge in [-0.25, -0.2) is 14.5 Å². The highest BCUT2D eigenvalue weighted by Crippen LogP contribution is 2.35. The summed E-state index contributed by atoms with van der Waals surface area (Å²) in [6, 6.07) is 12.4. The van der Waals surface area contributed by atoms with Crippen LogP contribution in [0.5, 0.6) is 0 Å². The number of aromatic carboxylic acids is 1. The van der Waals surface area contributed by atoms with Crippen molar-refractivity contribution in [2.24, 2.45) is 0 Å². The van der Waals surface area contributed by atoms with E-state index in [9.17, 15) is 24.3 Å². The summed E-state index contributed by atoms with van der Waals surface area (Å²) < 4.78 is 4.91. The predicted octanol–water partition coefficient (Wildman–Crippen LogP) is 2.99. The molecule has 1 fully saturated rings. The minimum atomic E-state index is -1.09. The summed E-state index contributed by atoms with van der Waals surface area (Å²) in [5.41, 5.74) is 0.772. The van der Waals surface area contributed by atoms with E-state index in [0.717, 1.165) is 16.7 Å². The number of anilines is 1. The lowest BCUT2D eigenvalue weighted by Gasteiger charge is -2.15. The van der Waals surface area contributed by atoms with Crippen molar-refractivity contribution in [2.45, 2.75) is 23.5 Å². The largest absolute Gasteiger partial charge is 0.478 e. The molecule has 3 rings (SSSR count). The van der Waals surface area contributed by atoms with E-state index < -0.39 is 23.1 Å². The lowest BCUT2D eigenvalue weighted by Crippen LogP contribution is -2.31. The van der Waals surface area contributed by atoms with E-state index in [1.165, 1.54) is 30.3 Å². The van der Waals surface area contributed by atoms with Crippen molar-refractivity contribution in [2.75, 3.05) is 11.5 Å². The van der Waals surface area contributed by atoms with Gasteiger partial charge in [0.05, 0.1) is 28.7 Å². The summed E-state index contributed by atoms with van der Waals surface area (Å²) in [5.74, 6) is -2.36. The van der Waals surface area contributed by atoms with E-state index in [-0.39, 0.29) is 24.5 Å². The highest BCUT2D eigenvalue weighted by Gasteiger charge is 2.40. The molecule has 0 aliphatic carbocycles. The highest BCUT2D eigenvalue weighted by molar-refractivity contribution is 8.00. The predicted molar refractivity (Wildman–Crippen MR) is 103 cm³/mol. The average molecular weight is 399 g/mol. The van der Waals surface area contributed by atoms with Gasteiger partial charge in [-0.3, -0.25) is 9.59 Å². The number of rotatable bonds is 6. The molecule has 0 bridgehead atoms. The molecule has 1 aliphatic rings. The van der Waals surface area contributed by atoms with E-state index in [4.69, 9.17) is 4.74 Å². The average Bonchev–Trinajstić information content (AvgIpc) is 2.95. The zero-order valence-electron chi connectivity index (χ0n) is 15.0. The van der Waals surface area contributed by atoms with Crippen LogP contribution in [0.2, 0.25) is 0 Å². The molecular weight excluding hydrogens is 382 g/mol. The zero-order valence-corrected chi connectivity index (χ0v) is 15.8. The van der Waals surface area contributed by atoms with Crippen LogP contribution in [-0.4, -0.2) is 40.7 Å². The SMILES string of the molecule is CCOC(=O)c1ccc(N2C(=O)C[C@H](Sc3ccccc3C(=O)O)C2=O)cc1. The van der Waals surface area contributed by atoms with Crippen LogP contribution in [0.15, 0.2) is 53.4 Å². The van der Waals surface area contributed by atoms with Crippen molar-refractivity contribution in [1.82, 2.24) is 0 Å². The molecule has 144 valence electrons. The van der Waals surface area contributed by atoms with Gasteiger partial charge in [-0.2, -0.15) is 0 Å². The number of esters is 1. The molecule has 1 aliphatic heterocycles. The number of imide groups is 1. The van der Waals surface area contributed by atoms with Gasteiger partial charge in [-0.1, -0.05) is 12.1 Å². The minimum absolute atomic E-state index is 0.0307. The maximum atomic E-state index is 12.8. The van der Waals surface area contributed by atoms with Gasteiger partial charge < -0.3 is 9.84 Å². The molecule has 1 N–H and O–H groups in total.